The van der Waals surface area contributed by atoms with Gasteiger partial charge in [0.25, 0.3) is 5.91 Å². The van der Waals surface area contributed by atoms with Crippen LogP contribution in [0.4, 0.5) is 4.39 Å². The average Bonchev–Trinajstić information content (AvgIpc) is 2.49. The van der Waals surface area contributed by atoms with Crippen molar-refractivity contribution in [1.29, 1.82) is 0 Å². The number of hydrogen-bond acceptors (Lipinski definition) is 1. The fourth-order valence-electron chi connectivity index (χ4n) is 3.13. The summed E-state index contributed by atoms with van der Waals surface area (Å²) in [4.78, 5) is 12.2. The number of halogens is 1. The third-order valence-corrected chi connectivity index (χ3v) is 4.50. The number of quaternary nitrogens is 1. The van der Waals surface area contributed by atoms with E-state index in [2.05, 4.69) is 10.6 Å². The lowest BCUT2D eigenvalue weighted by Crippen LogP contribution is -2.96. The van der Waals surface area contributed by atoms with Crippen LogP contribution < -0.4 is 10.6 Å². The number of nitrogens with two attached hydrogens (primary N) is 1. The maximum absolute atomic E-state index is 12.8. The zero-order chi connectivity index (χ0) is 15.8. The topological polar surface area (TPSA) is 45.7 Å². The number of rotatable bonds is 5. The average molecular weight is 307 g/mol. The molecular formula is C18H28FN2O+. The van der Waals surface area contributed by atoms with E-state index in [-0.39, 0.29) is 17.8 Å². The molecule has 0 saturated heterocycles. The molecule has 3 N–H and O–H groups in total. The van der Waals surface area contributed by atoms with Crippen molar-refractivity contribution in [3.63, 3.8) is 0 Å². The molecule has 1 saturated carbocycles. The zero-order valence-electron chi connectivity index (χ0n) is 13.5. The Bertz CT molecular complexity index is 453. The Labute approximate surface area is 132 Å². The summed E-state index contributed by atoms with van der Waals surface area (Å²) in [6.07, 6.45) is 9.02. The first-order valence-corrected chi connectivity index (χ1v) is 8.52. The van der Waals surface area contributed by atoms with Crippen molar-refractivity contribution < 1.29 is 14.5 Å². The molecule has 0 radical (unpaired) electrons. The largest absolute Gasteiger partial charge is 0.347 e. The van der Waals surface area contributed by atoms with Crippen LogP contribution in [0, 0.1) is 5.82 Å². The van der Waals surface area contributed by atoms with Gasteiger partial charge in [0.1, 0.15) is 5.82 Å². The van der Waals surface area contributed by atoms with Crippen molar-refractivity contribution in [3.8, 4) is 0 Å². The quantitative estimate of drug-likeness (QED) is 0.862. The van der Waals surface area contributed by atoms with Crippen LogP contribution in [0.15, 0.2) is 24.3 Å². The highest BCUT2D eigenvalue weighted by Gasteiger charge is 2.22. The van der Waals surface area contributed by atoms with Crippen LogP contribution in [0.25, 0.3) is 0 Å². The lowest BCUT2D eigenvalue weighted by atomic mass is 9.96. The van der Waals surface area contributed by atoms with Gasteiger partial charge in [-0.05, 0) is 50.3 Å². The molecule has 3 nitrogen and oxygen atoms in total. The minimum atomic E-state index is -0.249. The van der Waals surface area contributed by atoms with E-state index < -0.39 is 0 Å². The van der Waals surface area contributed by atoms with Crippen LogP contribution in [-0.4, -0.2) is 18.0 Å². The number of carbonyl (C=O) groups excluding carboxylic acids is 1. The summed E-state index contributed by atoms with van der Waals surface area (Å²) < 4.78 is 12.8. The van der Waals surface area contributed by atoms with Gasteiger partial charge in [-0.2, -0.15) is 0 Å². The van der Waals surface area contributed by atoms with Crippen LogP contribution in [0.1, 0.15) is 57.4 Å². The van der Waals surface area contributed by atoms with Gasteiger partial charge in [-0.25, -0.2) is 4.39 Å². The molecule has 0 heterocycles. The highest BCUT2D eigenvalue weighted by molar-refractivity contribution is 5.79. The molecule has 22 heavy (non-hydrogen) atoms. The SMILES string of the molecule is C[C@H]([NH2+]C1CCCCCCC1)C(=O)NCc1ccc(F)cc1. The van der Waals surface area contributed by atoms with Crippen molar-refractivity contribution in [1.82, 2.24) is 5.32 Å². The standard InChI is InChI=1S/C18H27FN2O/c1-14(21-17-7-5-3-2-4-6-8-17)18(22)20-13-15-9-11-16(19)12-10-15/h9-12,14,17,21H,2-8,13H2,1H3,(H,20,22)/p+1/t14-/m0/s1. The first-order valence-electron chi connectivity index (χ1n) is 8.52. The molecule has 0 aliphatic heterocycles. The number of amides is 1. The van der Waals surface area contributed by atoms with E-state index >= 15 is 0 Å². The Hall–Kier alpha value is -1.42. The van der Waals surface area contributed by atoms with Gasteiger partial charge in [0.05, 0.1) is 6.04 Å². The number of hydrogen-bond donors (Lipinski definition) is 2. The normalized spacial score (nSPS) is 18.3. The summed E-state index contributed by atoms with van der Waals surface area (Å²) in [6, 6.07) is 6.77. The van der Waals surface area contributed by atoms with E-state index in [9.17, 15) is 9.18 Å². The number of carbonyl (C=O) groups is 1. The molecule has 1 fully saturated rings. The van der Waals surface area contributed by atoms with E-state index in [4.69, 9.17) is 0 Å². The van der Waals surface area contributed by atoms with Crippen molar-refractivity contribution in [3.05, 3.63) is 35.6 Å². The Kier molecular flexibility index (Phi) is 6.84. The molecule has 2 rings (SSSR count). The fourth-order valence-corrected chi connectivity index (χ4v) is 3.13. The molecule has 1 amide bonds. The van der Waals surface area contributed by atoms with Crippen molar-refractivity contribution >= 4 is 5.91 Å². The fraction of sp³-hybridized carbons (Fsp3) is 0.611. The Morgan fingerprint density at radius 2 is 1.77 bits per heavy atom. The number of benzene rings is 1. The van der Waals surface area contributed by atoms with Crippen LogP contribution in [-0.2, 0) is 11.3 Å². The Balaban J connectivity index is 1.74. The second-order valence-corrected chi connectivity index (χ2v) is 6.43. The lowest BCUT2D eigenvalue weighted by molar-refractivity contribution is -0.708. The Morgan fingerprint density at radius 1 is 1.18 bits per heavy atom. The monoisotopic (exact) mass is 307 g/mol. The van der Waals surface area contributed by atoms with Gasteiger partial charge in [0.15, 0.2) is 6.04 Å². The van der Waals surface area contributed by atoms with Crippen LogP contribution in [0.2, 0.25) is 0 Å². The molecule has 1 aromatic rings. The summed E-state index contributed by atoms with van der Waals surface area (Å²) in [5.41, 5.74) is 0.924. The van der Waals surface area contributed by atoms with Crippen LogP contribution in [0.5, 0.6) is 0 Å². The molecule has 1 aliphatic rings. The van der Waals surface area contributed by atoms with Gasteiger partial charge in [0, 0.05) is 6.54 Å². The van der Waals surface area contributed by atoms with Crippen LogP contribution in [0.3, 0.4) is 0 Å². The first-order chi connectivity index (χ1) is 10.6. The second kappa shape index (κ2) is 8.89. The molecule has 0 spiro atoms. The minimum Gasteiger partial charge on any atom is -0.347 e. The van der Waals surface area contributed by atoms with E-state index in [1.54, 1.807) is 12.1 Å². The first kappa shape index (κ1) is 16.9. The van der Waals surface area contributed by atoms with Gasteiger partial charge in [0.2, 0.25) is 0 Å². The molecule has 1 aromatic carbocycles. The molecule has 0 unspecified atom stereocenters. The summed E-state index contributed by atoms with van der Waals surface area (Å²) >= 11 is 0. The van der Waals surface area contributed by atoms with Gasteiger partial charge in [-0.1, -0.05) is 31.4 Å². The van der Waals surface area contributed by atoms with Gasteiger partial charge in [-0.15, -0.1) is 0 Å². The van der Waals surface area contributed by atoms with E-state index in [0.29, 0.717) is 12.6 Å². The van der Waals surface area contributed by atoms with E-state index in [1.807, 2.05) is 6.92 Å². The Morgan fingerprint density at radius 3 is 2.41 bits per heavy atom. The zero-order valence-corrected chi connectivity index (χ0v) is 13.5. The summed E-state index contributed by atoms with van der Waals surface area (Å²) in [5, 5.41) is 5.17. The molecule has 0 aromatic heterocycles. The smallest absolute Gasteiger partial charge is 0.278 e. The van der Waals surface area contributed by atoms with Crippen molar-refractivity contribution in [2.45, 2.75) is 70.5 Å². The minimum absolute atomic E-state index is 0.0615. The van der Waals surface area contributed by atoms with Crippen molar-refractivity contribution in [2.75, 3.05) is 0 Å². The van der Waals surface area contributed by atoms with Crippen LogP contribution >= 0.6 is 0 Å². The third kappa shape index (κ3) is 5.76. The summed E-state index contributed by atoms with van der Waals surface area (Å²) in [7, 11) is 0. The van der Waals surface area contributed by atoms with E-state index in [1.165, 1.54) is 57.1 Å². The molecular weight excluding hydrogens is 279 g/mol. The molecule has 122 valence electrons. The highest BCUT2D eigenvalue weighted by atomic mass is 19.1. The van der Waals surface area contributed by atoms with Gasteiger partial charge < -0.3 is 10.6 Å². The maximum Gasteiger partial charge on any atom is 0.278 e. The predicted octanol–water partition coefficient (Wildman–Crippen LogP) is 2.51. The summed E-state index contributed by atoms with van der Waals surface area (Å²) in [6.45, 7) is 2.43. The molecule has 4 heteroatoms. The molecule has 1 aliphatic carbocycles. The molecule has 1 atom stereocenters. The third-order valence-electron chi connectivity index (χ3n) is 4.50. The van der Waals surface area contributed by atoms with Gasteiger partial charge in [-0.3, -0.25) is 4.79 Å². The maximum atomic E-state index is 12.8. The van der Waals surface area contributed by atoms with E-state index in [0.717, 1.165) is 5.56 Å². The number of nitrogens with one attached hydrogen (secondary N) is 1. The van der Waals surface area contributed by atoms with Crippen molar-refractivity contribution in [2.24, 2.45) is 0 Å². The summed E-state index contributed by atoms with van der Waals surface area (Å²) in [5.74, 6) is -0.188. The second-order valence-electron chi connectivity index (χ2n) is 6.43. The predicted molar refractivity (Wildman–Crippen MR) is 85.7 cm³/mol. The molecule has 0 bridgehead atoms. The van der Waals surface area contributed by atoms with Gasteiger partial charge >= 0.3 is 0 Å². The lowest BCUT2D eigenvalue weighted by Gasteiger charge is -2.21. The highest BCUT2D eigenvalue weighted by Crippen LogP contribution is 2.15.